The number of anilines is 1. The van der Waals surface area contributed by atoms with E-state index in [-0.39, 0.29) is 5.91 Å². The molecule has 1 heterocycles. The first kappa shape index (κ1) is 17.5. The zero-order valence-corrected chi connectivity index (χ0v) is 15.7. The van der Waals surface area contributed by atoms with Gasteiger partial charge in [0.25, 0.3) is 5.91 Å². The van der Waals surface area contributed by atoms with E-state index in [4.69, 9.17) is 23.2 Å². The SMILES string of the molecule is O=C1/C(=C\c2ccccc2)N=C(c2ccccc2)N1c1ccc(Cl)cc1Cl. The maximum atomic E-state index is 13.2. The van der Waals surface area contributed by atoms with Crippen LogP contribution in [0.4, 0.5) is 5.69 Å². The fourth-order valence-electron chi connectivity index (χ4n) is 2.89. The number of aliphatic imine (C=N–C) groups is 1. The number of carbonyl (C=O) groups is 1. The lowest BCUT2D eigenvalue weighted by molar-refractivity contribution is -0.113. The summed E-state index contributed by atoms with van der Waals surface area (Å²) in [6.07, 6.45) is 1.77. The number of rotatable bonds is 3. The molecule has 0 atom stereocenters. The summed E-state index contributed by atoms with van der Waals surface area (Å²) in [6, 6.07) is 24.2. The summed E-state index contributed by atoms with van der Waals surface area (Å²) in [5.41, 5.74) is 2.63. The van der Waals surface area contributed by atoms with Crippen LogP contribution in [0.25, 0.3) is 6.08 Å². The van der Waals surface area contributed by atoms with E-state index >= 15 is 0 Å². The third kappa shape index (κ3) is 3.52. The predicted octanol–water partition coefficient (Wildman–Crippen LogP) is 5.83. The minimum Gasteiger partial charge on any atom is -0.266 e. The van der Waals surface area contributed by atoms with Crippen LogP contribution in [0.15, 0.2) is 89.6 Å². The Morgan fingerprint density at radius 3 is 2.19 bits per heavy atom. The van der Waals surface area contributed by atoms with Crippen LogP contribution < -0.4 is 4.90 Å². The number of benzene rings is 3. The Kier molecular flexibility index (Phi) is 4.80. The van der Waals surface area contributed by atoms with Crippen molar-refractivity contribution in [1.29, 1.82) is 0 Å². The van der Waals surface area contributed by atoms with Crippen LogP contribution in [0, 0.1) is 0 Å². The molecule has 4 rings (SSSR count). The highest BCUT2D eigenvalue weighted by atomic mass is 35.5. The van der Waals surface area contributed by atoms with Crippen LogP contribution in [0.2, 0.25) is 10.0 Å². The second-order valence-corrected chi connectivity index (χ2v) is 6.82. The van der Waals surface area contributed by atoms with Gasteiger partial charge in [-0.15, -0.1) is 0 Å². The molecule has 0 bridgehead atoms. The molecule has 132 valence electrons. The Labute approximate surface area is 167 Å². The second kappa shape index (κ2) is 7.39. The van der Waals surface area contributed by atoms with Gasteiger partial charge < -0.3 is 0 Å². The van der Waals surface area contributed by atoms with Gasteiger partial charge in [-0.05, 0) is 29.8 Å². The lowest BCUT2D eigenvalue weighted by Gasteiger charge is -2.20. The summed E-state index contributed by atoms with van der Waals surface area (Å²) < 4.78 is 0. The Bertz CT molecular complexity index is 1060. The number of hydrogen-bond acceptors (Lipinski definition) is 2. The molecule has 3 nitrogen and oxygen atoms in total. The van der Waals surface area contributed by atoms with Crippen LogP contribution in [0.1, 0.15) is 11.1 Å². The second-order valence-electron chi connectivity index (χ2n) is 5.98. The lowest BCUT2D eigenvalue weighted by atomic mass is 10.1. The first-order chi connectivity index (χ1) is 13.1. The quantitative estimate of drug-likeness (QED) is 0.516. The normalized spacial score (nSPS) is 15.3. The Morgan fingerprint density at radius 2 is 1.52 bits per heavy atom. The van der Waals surface area contributed by atoms with Gasteiger partial charge in [0.05, 0.1) is 10.7 Å². The minimum atomic E-state index is -0.234. The van der Waals surface area contributed by atoms with E-state index in [1.165, 1.54) is 4.90 Å². The molecule has 1 aliphatic heterocycles. The number of hydrogen-bond donors (Lipinski definition) is 0. The molecule has 0 N–H and O–H groups in total. The molecular formula is C22H14Cl2N2O. The van der Waals surface area contributed by atoms with Crippen LogP contribution >= 0.6 is 23.2 Å². The van der Waals surface area contributed by atoms with Crippen molar-refractivity contribution in [1.82, 2.24) is 0 Å². The molecule has 5 heteroatoms. The molecule has 3 aromatic carbocycles. The van der Waals surface area contributed by atoms with E-state index in [2.05, 4.69) is 4.99 Å². The smallest absolute Gasteiger partial charge is 0.266 e. The van der Waals surface area contributed by atoms with Crippen molar-refractivity contribution in [3.63, 3.8) is 0 Å². The fourth-order valence-corrected chi connectivity index (χ4v) is 3.38. The average Bonchev–Trinajstić information content (AvgIpc) is 3.00. The van der Waals surface area contributed by atoms with Crippen LogP contribution in [0.3, 0.4) is 0 Å². The highest BCUT2D eigenvalue weighted by molar-refractivity contribution is 6.40. The molecular weight excluding hydrogens is 379 g/mol. The fraction of sp³-hybridized carbons (Fsp3) is 0. The molecule has 3 aromatic rings. The highest BCUT2D eigenvalue weighted by Gasteiger charge is 2.33. The monoisotopic (exact) mass is 392 g/mol. The van der Waals surface area contributed by atoms with Crippen molar-refractivity contribution in [2.24, 2.45) is 4.99 Å². The molecule has 27 heavy (non-hydrogen) atoms. The molecule has 1 aliphatic rings. The van der Waals surface area contributed by atoms with Gasteiger partial charge >= 0.3 is 0 Å². The molecule has 0 unspecified atom stereocenters. The van der Waals surface area contributed by atoms with E-state index in [0.29, 0.717) is 27.3 Å². The highest BCUT2D eigenvalue weighted by Crippen LogP contribution is 2.34. The van der Waals surface area contributed by atoms with Gasteiger partial charge in [-0.3, -0.25) is 9.69 Å². The van der Waals surface area contributed by atoms with Gasteiger partial charge in [0.15, 0.2) is 0 Å². The molecule has 0 spiro atoms. The van der Waals surface area contributed by atoms with Crippen molar-refractivity contribution < 1.29 is 4.79 Å². The average molecular weight is 393 g/mol. The molecule has 0 fully saturated rings. The van der Waals surface area contributed by atoms with Gasteiger partial charge in [0.1, 0.15) is 11.5 Å². The summed E-state index contributed by atoms with van der Waals surface area (Å²) >= 11 is 12.4. The lowest BCUT2D eigenvalue weighted by Crippen LogP contribution is -2.32. The topological polar surface area (TPSA) is 32.7 Å². The van der Waals surface area contributed by atoms with E-state index < -0.39 is 0 Å². The molecule has 0 radical (unpaired) electrons. The summed E-state index contributed by atoms with van der Waals surface area (Å²) in [6.45, 7) is 0. The van der Waals surface area contributed by atoms with Crippen molar-refractivity contribution in [2.45, 2.75) is 0 Å². The Balaban J connectivity index is 1.85. The first-order valence-electron chi connectivity index (χ1n) is 8.34. The summed E-state index contributed by atoms with van der Waals surface area (Å²) in [7, 11) is 0. The maximum absolute atomic E-state index is 13.2. The largest absolute Gasteiger partial charge is 0.282 e. The molecule has 0 saturated carbocycles. The first-order valence-corrected chi connectivity index (χ1v) is 9.09. The Morgan fingerprint density at radius 1 is 0.852 bits per heavy atom. The van der Waals surface area contributed by atoms with Gasteiger partial charge in [0.2, 0.25) is 0 Å². The molecule has 0 aromatic heterocycles. The van der Waals surface area contributed by atoms with Gasteiger partial charge in [0, 0.05) is 10.6 Å². The molecule has 1 amide bonds. The van der Waals surface area contributed by atoms with Crippen LogP contribution in [0.5, 0.6) is 0 Å². The number of nitrogens with zero attached hydrogens (tertiary/aromatic N) is 2. The van der Waals surface area contributed by atoms with Gasteiger partial charge in [-0.1, -0.05) is 83.9 Å². The van der Waals surface area contributed by atoms with E-state index in [1.807, 2.05) is 60.7 Å². The minimum absolute atomic E-state index is 0.234. The van der Waals surface area contributed by atoms with E-state index in [9.17, 15) is 4.79 Å². The zero-order chi connectivity index (χ0) is 18.8. The standard InChI is InChI=1S/C22H14Cl2N2O/c23-17-11-12-20(18(24)14-17)26-21(16-9-5-2-6-10-16)25-19(22(26)27)13-15-7-3-1-4-8-15/h1-14H/b19-13+. The molecule has 0 aliphatic carbocycles. The van der Waals surface area contributed by atoms with Crippen molar-refractivity contribution >= 4 is 46.7 Å². The summed E-state index contributed by atoms with van der Waals surface area (Å²) in [4.78, 5) is 19.3. The zero-order valence-electron chi connectivity index (χ0n) is 14.1. The third-order valence-electron chi connectivity index (χ3n) is 4.15. The van der Waals surface area contributed by atoms with Gasteiger partial charge in [-0.25, -0.2) is 4.99 Å². The Hall–Kier alpha value is -2.88. The number of amidine groups is 1. The number of halogens is 2. The summed E-state index contributed by atoms with van der Waals surface area (Å²) in [5.74, 6) is 0.300. The summed E-state index contributed by atoms with van der Waals surface area (Å²) in [5, 5.41) is 0.897. The van der Waals surface area contributed by atoms with Gasteiger partial charge in [-0.2, -0.15) is 0 Å². The van der Waals surface area contributed by atoms with Crippen molar-refractivity contribution in [3.05, 3.63) is 106 Å². The molecule has 0 saturated heterocycles. The van der Waals surface area contributed by atoms with Crippen molar-refractivity contribution in [3.8, 4) is 0 Å². The predicted molar refractivity (Wildman–Crippen MR) is 111 cm³/mol. The maximum Gasteiger partial charge on any atom is 0.282 e. The van der Waals surface area contributed by atoms with E-state index in [1.54, 1.807) is 24.3 Å². The number of amides is 1. The third-order valence-corrected chi connectivity index (χ3v) is 4.68. The van der Waals surface area contributed by atoms with E-state index in [0.717, 1.165) is 11.1 Å². The van der Waals surface area contributed by atoms with Crippen LogP contribution in [-0.4, -0.2) is 11.7 Å². The van der Waals surface area contributed by atoms with Crippen LogP contribution in [-0.2, 0) is 4.79 Å². The number of carbonyl (C=O) groups excluding carboxylic acids is 1. The van der Waals surface area contributed by atoms with Crippen molar-refractivity contribution in [2.75, 3.05) is 4.90 Å².